The number of hydrogen-bond acceptors (Lipinski definition) is 7. The maximum atomic E-state index is 12.9. The third kappa shape index (κ3) is 8.46. The van der Waals surface area contributed by atoms with E-state index in [4.69, 9.17) is 18.9 Å². The van der Waals surface area contributed by atoms with Crippen LogP contribution in [-0.4, -0.2) is 72.9 Å². The Morgan fingerprint density at radius 2 is 1.73 bits per heavy atom. The molecular formula is C27H33BrN2O7. The molecule has 0 aromatic heterocycles. The summed E-state index contributed by atoms with van der Waals surface area (Å²) in [6.07, 6.45) is -0.918. The molecule has 200 valence electrons. The Morgan fingerprint density at radius 3 is 2.41 bits per heavy atom. The third-order valence-electron chi connectivity index (χ3n) is 5.61. The molecule has 1 heterocycles. The van der Waals surface area contributed by atoms with Crippen molar-refractivity contribution in [2.24, 2.45) is 0 Å². The van der Waals surface area contributed by atoms with E-state index in [9.17, 15) is 14.4 Å². The third-order valence-corrected chi connectivity index (χ3v) is 6.38. The summed E-state index contributed by atoms with van der Waals surface area (Å²) in [5.74, 6) is -0.443. The summed E-state index contributed by atoms with van der Waals surface area (Å²) in [5, 5.41) is 0. The van der Waals surface area contributed by atoms with E-state index >= 15 is 0 Å². The molecule has 2 amide bonds. The number of amides is 2. The minimum absolute atomic E-state index is 0.149. The number of carbonyl (C=O) groups is 3. The minimum atomic E-state index is -0.659. The van der Waals surface area contributed by atoms with Crippen molar-refractivity contribution in [2.75, 3.05) is 33.4 Å². The van der Waals surface area contributed by atoms with Crippen LogP contribution in [0, 0.1) is 0 Å². The van der Waals surface area contributed by atoms with Crippen molar-refractivity contribution in [3.8, 4) is 0 Å². The average molecular weight is 577 g/mol. The summed E-state index contributed by atoms with van der Waals surface area (Å²) in [6.45, 7) is 6.74. The van der Waals surface area contributed by atoms with Crippen LogP contribution in [0.2, 0.25) is 0 Å². The van der Waals surface area contributed by atoms with Crippen LogP contribution in [-0.2, 0) is 32.2 Å². The number of nitrogens with zero attached hydrogens (tertiary/aromatic N) is 2. The summed E-state index contributed by atoms with van der Waals surface area (Å²) in [5.41, 5.74) is 1.39. The quantitative estimate of drug-likeness (QED) is 0.337. The number of halogens is 1. The highest BCUT2D eigenvalue weighted by Gasteiger charge is 2.35. The molecule has 3 rings (SSSR count). The van der Waals surface area contributed by atoms with Gasteiger partial charge in [-0.15, -0.1) is 0 Å². The molecule has 1 aliphatic heterocycles. The van der Waals surface area contributed by atoms with E-state index in [0.717, 1.165) is 15.6 Å². The first-order valence-corrected chi connectivity index (χ1v) is 12.8. The number of methoxy groups -OCH3 is 1. The Kier molecular flexibility index (Phi) is 9.93. The van der Waals surface area contributed by atoms with E-state index in [1.54, 1.807) is 48.8 Å². The number of benzene rings is 2. The van der Waals surface area contributed by atoms with Crippen molar-refractivity contribution in [1.82, 2.24) is 9.80 Å². The Labute approximate surface area is 225 Å². The van der Waals surface area contributed by atoms with Gasteiger partial charge in [-0.05, 0) is 50.1 Å². The predicted molar refractivity (Wildman–Crippen MR) is 140 cm³/mol. The van der Waals surface area contributed by atoms with Crippen molar-refractivity contribution in [3.63, 3.8) is 0 Å². The fourth-order valence-corrected chi connectivity index (χ4v) is 4.13. The van der Waals surface area contributed by atoms with Gasteiger partial charge < -0.3 is 23.8 Å². The van der Waals surface area contributed by atoms with Crippen LogP contribution in [0.5, 0.6) is 0 Å². The van der Waals surface area contributed by atoms with Crippen LogP contribution >= 0.6 is 15.9 Å². The van der Waals surface area contributed by atoms with Gasteiger partial charge in [-0.3, -0.25) is 4.90 Å². The lowest BCUT2D eigenvalue weighted by Crippen LogP contribution is -2.58. The second-order valence-electron chi connectivity index (χ2n) is 9.63. The van der Waals surface area contributed by atoms with Crippen LogP contribution in [0.4, 0.5) is 9.59 Å². The van der Waals surface area contributed by atoms with Gasteiger partial charge in [-0.2, -0.15) is 0 Å². The molecule has 1 unspecified atom stereocenters. The monoisotopic (exact) mass is 576 g/mol. The van der Waals surface area contributed by atoms with E-state index in [0.29, 0.717) is 12.1 Å². The molecule has 0 radical (unpaired) electrons. The smallest absolute Gasteiger partial charge is 0.410 e. The molecule has 1 atom stereocenters. The molecule has 0 saturated carbocycles. The van der Waals surface area contributed by atoms with E-state index in [1.165, 1.54) is 7.11 Å². The Bertz CT molecular complexity index is 1090. The molecular weight excluding hydrogens is 544 g/mol. The number of hydrogen-bond donors (Lipinski definition) is 0. The van der Waals surface area contributed by atoms with Gasteiger partial charge in [0, 0.05) is 24.1 Å². The van der Waals surface area contributed by atoms with Crippen molar-refractivity contribution in [3.05, 3.63) is 69.7 Å². The van der Waals surface area contributed by atoms with Crippen molar-refractivity contribution >= 4 is 34.1 Å². The Morgan fingerprint density at radius 1 is 1.00 bits per heavy atom. The molecule has 9 nitrogen and oxygen atoms in total. The van der Waals surface area contributed by atoms with Gasteiger partial charge in [0.25, 0.3) is 0 Å². The SMILES string of the molecule is COC(=O)c1ccc(Br)c(COCC2CN(C(=O)OCc3ccccc3)CCN2C(=O)OC(C)(C)C)c1. The standard InChI is InChI=1S/C27H33BrN2O7/c1-27(2,3)37-26(33)30-13-12-29(25(32)36-16-19-8-6-5-7-9-19)15-22(30)18-35-17-21-14-20(24(31)34-4)10-11-23(21)28/h5-11,14,22H,12-13,15-18H2,1-4H3. The zero-order valence-corrected chi connectivity index (χ0v) is 23.2. The molecule has 0 bridgehead atoms. The lowest BCUT2D eigenvalue weighted by Gasteiger charge is -2.41. The summed E-state index contributed by atoms with van der Waals surface area (Å²) < 4.78 is 22.6. The Balaban J connectivity index is 1.66. The number of esters is 1. The first-order chi connectivity index (χ1) is 17.6. The minimum Gasteiger partial charge on any atom is -0.465 e. The summed E-state index contributed by atoms with van der Waals surface area (Å²) in [6, 6.07) is 14.1. The summed E-state index contributed by atoms with van der Waals surface area (Å²) in [4.78, 5) is 40.7. The highest BCUT2D eigenvalue weighted by atomic mass is 79.9. The maximum Gasteiger partial charge on any atom is 0.410 e. The molecule has 2 aromatic rings. The molecule has 0 aliphatic carbocycles. The normalized spacial score (nSPS) is 15.8. The summed E-state index contributed by atoms with van der Waals surface area (Å²) in [7, 11) is 1.32. The van der Waals surface area contributed by atoms with Crippen molar-refractivity contribution in [1.29, 1.82) is 0 Å². The van der Waals surface area contributed by atoms with Crippen molar-refractivity contribution in [2.45, 2.75) is 45.6 Å². The van der Waals surface area contributed by atoms with E-state index in [1.807, 2.05) is 30.3 Å². The lowest BCUT2D eigenvalue weighted by atomic mass is 10.1. The molecule has 0 spiro atoms. The van der Waals surface area contributed by atoms with Crippen molar-refractivity contribution < 1.29 is 33.3 Å². The van der Waals surface area contributed by atoms with Crippen LogP contribution < -0.4 is 0 Å². The van der Waals surface area contributed by atoms with E-state index in [-0.39, 0.29) is 32.9 Å². The zero-order chi connectivity index (χ0) is 27.0. The largest absolute Gasteiger partial charge is 0.465 e. The lowest BCUT2D eigenvalue weighted by molar-refractivity contribution is -0.0247. The fraction of sp³-hybridized carbons (Fsp3) is 0.444. The maximum absolute atomic E-state index is 12.9. The van der Waals surface area contributed by atoms with Crippen LogP contribution in [0.1, 0.15) is 42.3 Å². The Hall–Kier alpha value is -3.11. The molecule has 1 saturated heterocycles. The second-order valence-corrected chi connectivity index (χ2v) is 10.5. The number of piperazine rings is 1. The van der Waals surface area contributed by atoms with Gasteiger partial charge in [-0.25, -0.2) is 14.4 Å². The molecule has 10 heteroatoms. The highest BCUT2D eigenvalue weighted by Crippen LogP contribution is 2.22. The molecule has 37 heavy (non-hydrogen) atoms. The van der Waals surface area contributed by atoms with Gasteiger partial charge in [-0.1, -0.05) is 46.3 Å². The average Bonchev–Trinajstić information content (AvgIpc) is 2.87. The predicted octanol–water partition coefficient (Wildman–Crippen LogP) is 5.01. The van der Waals surface area contributed by atoms with Gasteiger partial charge in [0.15, 0.2) is 0 Å². The zero-order valence-electron chi connectivity index (χ0n) is 21.6. The van der Waals surface area contributed by atoms with Gasteiger partial charge in [0.2, 0.25) is 0 Å². The van der Waals surface area contributed by atoms with E-state index in [2.05, 4.69) is 15.9 Å². The highest BCUT2D eigenvalue weighted by molar-refractivity contribution is 9.10. The topological polar surface area (TPSA) is 94.6 Å². The second kappa shape index (κ2) is 12.9. The van der Waals surface area contributed by atoms with Gasteiger partial charge >= 0.3 is 18.2 Å². The first kappa shape index (κ1) is 28.5. The van der Waals surface area contributed by atoms with Gasteiger partial charge in [0.05, 0.1) is 31.9 Å². The van der Waals surface area contributed by atoms with Crippen LogP contribution in [0.3, 0.4) is 0 Å². The molecule has 0 N–H and O–H groups in total. The molecule has 1 aliphatic rings. The molecule has 1 fully saturated rings. The van der Waals surface area contributed by atoms with Crippen LogP contribution in [0.25, 0.3) is 0 Å². The van der Waals surface area contributed by atoms with Gasteiger partial charge in [0.1, 0.15) is 12.2 Å². The fourth-order valence-electron chi connectivity index (χ4n) is 3.77. The molecule has 2 aromatic carbocycles. The summed E-state index contributed by atoms with van der Waals surface area (Å²) >= 11 is 3.47. The first-order valence-electron chi connectivity index (χ1n) is 12.0. The number of carbonyl (C=O) groups excluding carboxylic acids is 3. The number of rotatable bonds is 7. The number of ether oxygens (including phenoxy) is 4. The van der Waals surface area contributed by atoms with Crippen LogP contribution in [0.15, 0.2) is 53.0 Å². The van der Waals surface area contributed by atoms with E-state index < -0.39 is 29.8 Å².